The maximum atomic E-state index is 12.3. The van der Waals surface area contributed by atoms with Gasteiger partial charge in [0, 0.05) is 5.25 Å². The molecule has 0 saturated carbocycles. The molecule has 0 spiro atoms. The number of hydrogen-bond donors (Lipinski definition) is 0. The third-order valence-electron chi connectivity index (χ3n) is 4.60. The van der Waals surface area contributed by atoms with Crippen molar-refractivity contribution in [1.82, 2.24) is 0 Å². The van der Waals surface area contributed by atoms with Gasteiger partial charge in [-0.1, -0.05) is 57.6 Å². The van der Waals surface area contributed by atoms with E-state index in [0.29, 0.717) is 0 Å². The van der Waals surface area contributed by atoms with Gasteiger partial charge < -0.3 is 14.0 Å². The van der Waals surface area contributed by atoms with Gasteiger partial charge in [0.15, 0.2) is 0 Å². The number of carbonyl (C=O) groups is 2. The fraction of sp³-hybridized carbons (Fsp3) is 0.619. The van der Waals surface area contributed by atoms with Crippen LogP contribution in [-0.4, -0.2) is 43.4 Å². The van der Waals surface area contributed by atoms with Gasteiger partial charge in [0.05, 0.1) is 34.5 Å². The topological polar surface area (TPSA) is 110 Å². The monoisotopic (exact) mass is 466 g/mol. The molecule has 0 fully saturated rings. The zero-order valence-electron chi connectivity index (χ0n) is 18.2. The molecule has 0 N–H and O–H groups in total. The molecule has 1 unspecified atom stereocenters. The van der Waals surface area contributed by atoms with Crippen molar-refractivity contribution in [2.24, 2.45) is 0 Å². The number of hydrogen-bond acceptors (Lipinski definition) is 7. The van der Waals surface area contributed by atoms with E-state index in [1.165, 1.54) is 44.7 Å². The Balaban J connectivity index is 0.00000841. The Morgan fingerprint density at radius 1 is 0.900 bits per heavy atom. The van der Waals surface area contributed by atoms with Gasteiger partial charge in [-0.3, -0.25) is 0 Å². The molecule has 7 nitrogen and oxygen atoms in total. The molecule has 0 radical (unpaired) electrons. The second-order valence-corrected chi connectivity index (χ2v) is 8.82. The van der Waals surface area contributed by atoms with E-state index in [-0.39, 0.29) is 82.1 Å². The summed E-state index contributed by atoms with van der Waals surface area (Å²) >= 11 is 0. The summed E-state index contributed by atoms with van der Waals surface area (Å²) in [5, 5.41) is -1.16. The van der Waals surface area contributed by atoms with Crippen molar-refractivity contribution in [2.75, 3.05) is 13.2 Å². The van der Waals surface area contributed by atoms with Gasteiger partial charge >= 0.3 is 63.3 Å². The van der Waals surface area contributed by atoms with Crippen LogP contribution in [0.3, 0.4) is 0 Å². The van der Waals surface area contributed by atoms with E-state index < -0.39 is 27.3 Å². The first-order valence-electron chi connectivity index (χ1n) is 10.1. The number of benzene rings is 1. The summed E-state index contributed by atoms with van der Waals surface area (Å²) in [5.41, 5.74) is 0.152. The summed E-state index contributed by atoms with van der Waals surface area (Å²) in [7, 11) is -4.42. The van der Waals surface area contributed by atoms with Gasteiger partial charge in [-0.2, -0.15) is 0 Å². The minimum atomic E-state index is -4.42. The molecule has 0 aromatic heterocycles. The molecular weight excluding hydrogens is 435 g/mol. The molecule has 164 valence electrons. The van der Waals surface area contributed by atoms with Crippen LogP contribution in [0.2, 0.25) is 0 Å². The summed E-state index contributed by atoms with van der Waals surface area (Å²) in [4.78, 5) is 24.6. The first kappa shape index (κ1) is 29.7. The van der Waals surface area contributed by atoms with E-state index in [2.05, 4.69) is 6.92 Å². The molecule has 1 atom stereocenters. The Labute approximate surface area is 222 Å². The Morgan fingerprint density at radius 2 is 1.37 bits per heavy atom. The Bertz CT molecular complexity index is 749. The molecule has 1 aromatic rings. The number of unbranched alkanes of at least 4 members (excludes halogenated alkanes) is 6. The minimum absolute atomic E-state index is 0. The Hall–Kier alpha value is -0.294. The molecule has 0 heterocycles. The van der Waals surface area contributed by atoms with Crippen molar-refractivity contribution in [2.45, 2.75) is 70.5 Å². The van der Waals surface area contributed by atoms with Crippen LogP contribution in [0.15, 0.2) is 24.3 Å². The smallest absolute Gasteiger partial charge is 0.748 e. The minimum Gasteiger partial charge on any atom is -0.748 e. The van der Waals surface area contributed by atoms with Crippen LogP contribution in [-0.2, 0) is 19.6 Å². The van der Waals surface area contributed by atoms with Crippen LogP contribution < -0.4 is 51.4 Å². The number of esters is 2. The third kappa shape index (κ3) is 11.9. The van der Waals surface area contributed by atoms with Gasteiger partial charge in [0.2, 0.25) is 0 Å². The van der Waals surface area contributed by atoms with Crippen LogP contribution >= 0.6 is 0 Å². The number of ether oxygens (including phenoxy) is 2. The largest absolute Gasteiger partial charge is 1.00 e. The van der Waals surface area contributed by atoms with Gasteiger partial charge in [-0.05, 0) is 31.9 Å². The van der Waals surface area contributed by atoms with Crippen molar-refractivity contribution in [3.63, 3.8) is 0 Å². The predicted molar refractivity (Wildman–Crippen MR) is 109 cm³/mol. The SMILES string of the molecule is CCCCCCCCCOC(=O)c1ccccc1C(=O)OCCC(C)S(=O)(=O)[O-].[K+]. The standard InChI is InChI=1S/C21H32O7S.K/c1-3-4-5-6-7-8-11-15-27-20(22)18-12-9-10-13-19(18)21(23)28-16-14-17(2)29(24,25)26;/h9-10,12-13,17H,3-8,11,14-16H2,1-2H3,(H,24,25,26);/q;+1/p-1. The molecule has 0 aliphatic heterocycles. The number of carbonyl (C=O) groups excluding carboxylic acids is 2. The zero-order chi connectivity index (χ0) is 21.7. The summed E-state index contributed by atoms with van der Waals surface area (Å²) in [6.45, 7) is 3.48. The van der Waals surface area contributed by atoms with Gasteiger partial charge in [0.25, 0.3) is 0 Å². The fourth-order valence-corrected chi connectivity index (χ4v) is 3.07. The molecule has 30 heavy (non-hydrogen) atoms. The second-order valence-electron chi connectivity index (χ2n) is 7.03. The van der Waals surface area contributed by atoms with E-state index in [4.69, 9.17) is 9.47 Å². The summed E-state index contributed by atoms with van der Waals surface area (Å²) < 4.78 is 42.9. The molecule has 0 saturated heterocycles. The molecule has 0 aliphatic rings. The fourth-order valence-electron chi connectivity index (χ4n) is 2.68. The van der Waals surface area contributed by atoms with Crippen LogP contribution in [0.1, 0.15) is 85.9 Å². The summed E-state index contributed by atoms with van der Waals surface area (Å²) in [5.74, 6) is -1.36. The Kier molecular flexibility index (Phi) is 16.2. The van der Waals surface area contributed by atoms with Crippen LogP contribution in [0.25, 0.3) is 0 Å². The van der Waals surface area contributed by atoms with E-state index in [9.17, 15) is 22.6 Å². The second kappa shape index (κ2) is 16.4. The average Bonchev–Trinajstić information content (AvgIpc) is 2.68. The van der Waals surface area contributed by atoms with E-state index in [1.807, 2.05) is 0 Å². The van der Waals surface area contributed by atoms with Crippen molar-refractivity contribution in [3.8, 4) is 0 Å². The maximum absolute atomic E-state index is 12.3. The van der Waals surface area contributed by atoms with Crippen molar-refractivity contribution < 1.29 is 83.4 Å². The van der Waals surface area contributed by atoms with Crippen LogP contribution in [0.4, 0.5) is 0 Å². The predicted octanol–water partition coefficient (Wildman–Crippen LogP) is 1.08. The molecule has 1 rings (SSSR count). The normalized spacial score (nSPS) is 12.0. The molecule has 0 bridgehead atoms. The van der Waals surface area contributed by atoms with Gasteiger partial charge in [0.1, 0.15) is 0 Å². The Morgan fingerprint density at radius 3 is 1.87 bits per heavy atom. The maximum Gasteiger partial charge on any atom is 1.00 e. The van der Waals surface area contributed by atoms with Crippen LogP contribution in [0.5, 0.6) is 0 Å². The summed E-state index contributed by atoms with van der Waals surface area (Å²) in [6.07, 6.45) is 7.62. The van der Waals surface area contributed by atoms with E-state index in [1.54, 1.807) is 12.1 Å². The van der Waals surface area contributed by atoms with E-state index >= 15 is 0 Å². The average molecular weight is 467 g/mol. The van der Waals surface area contributed by atoms with E-state index in [0.717, 1.165) is 19.3 Å². The first-order valence-corrected chi connectivity index (χ1v) is 11.6. The molecule has 1 aromatic carbocycles. The first-order chi connectivity index (χ1) is 13.8. The van der Waals surface area contributed by atoms with Crippen molar-refractivity contribution in [3.05, 3.63) is 35.4 Å². The van der Waals surface area contributed by atoms with Crippen molar-refractivity contribution in [1.29, 1.82) is 0 Å². The summed E-state index contributed by atoms with van der Waals surface area (Å²) in [6, 6.07) is 6.14. The molecule has 9 heteroatoms. The number of rotatable bonds is 14. The van der Waals surface area contributed by atoms with Crippen molar-refractivity contribution >= 4 is 22.1 Å². The third-order valence-corrected chi connectivity index (χ3v) is 5.82. The zero-order valence-corrected chi connectivity index (χ0v) is 22.2. The quantitative estimate of drug-likeness (QED) is 0.175. The molecular formula is C21H31KO7S. The van der Waals surface area contributed by atoms with Gasteiger partial charge in [-0.15, -0.1) is 0 Å². The molecule has 0 aliphatic carbocycles. The molecule has 0 amide bonds. The van der Waals surface area contributed by atoms with Gasteiger partial charge in [-0.25, -0.2) is 18.0 Å². The van der Waals surface area contributed by atoms with Crippen LogP contribution in [0, 0.1) is 0 Å².